The van der Waals surface area contributed by atoms with Gasteiger partial charge in [-0.15, -0.1) is 11.8 Å². The van der Waals surface area contributed by atoms with Crippen LogP contribution in [0.5, 0.6) is 5.75 Å². The van der Waals surface area contributed by atoms with Crippen molar-refractivity contribution < 1.29 is 75.1 Å². The summed E-state index contributed by atoms with van der Waals surface area (Å²) in [5, 5.41) is 43.2. The van der Waals surface area contributed by atoms with E-state index < -0.39 is 108 Å². The molecule has 0 aromatic heterocycles. The van der Waals surface area contributed by atoms with Gasteiger partial charge in [-0.1, -0.05) is 12.1 Å². The Hall–Kier alpha value is -3.95. The first kappa shape index (κ1) is 45.4. The number of hydrogen-bond acceptors (Lipinski definition) is 13. The maximum atomic E-state index is 13.0. The van der Waals surface area contributed by atoms with E-state index in [1.54, 1.807) is 0 Å². The number of carbonyl (C=O) groups is 6. The molecule has 10 N–H and O–H groups in total. The van der Waals surface area contributed by atoms with Crippen LogP contribution in [-0.2, 0) is 44.2 Å². The number of hydrogen-bond donors (Lipinski definition) is 9. The van der Waals surface area contributed by atoms with E-state index in [9.17, 15) is 64.9 Å². The molecule has 2 aromatic carbocycles. The summed E-state index contributed by atoms with van der Waals surface area (Å²) < 4.78 is 67.9. The van der Waals surface area contributed by atoms with Gasteiger partial charge in [0.15, 0.2) is 5.78 Å². The minimum absolute atomic E-state index is 0.00573. The third-order valence-electron chi connectivity index (χ3n) is 7.24. The highest BCUT2D eigenvalue weighted by molar-refractivity contribution is 9.13. The summed E-state index contributed by atoms with van der Waals surface area (Å²) >= 11 is 10.6. The van der Waals surface area contributed by atoms with Crippen LogP contribution in [0.1, 0.15) is 34.3 Å². The normalized spacial score (nSPS) is 15.1. The fourth-order valence-electron chi connectivity index (χ4n) is 4.71. The molecule has 0 radical (unpaired) electrons. The van der Waals surface area contributed by atoms with Crippen LogP contribution in [0.3, 0.4) is 0 Å². The van der Waals surface area contributed by atoms with E-state index in [1.165, 1.54) is 0 Å². The second-order valence-electron chi connectivity index (χ2n) is 11.0. The molecular weight excluding hydrogens is 994 g/mol. The lowest BCUT2D eigenvalue weighted by atomic mass is 9.88. The predicted molar refractivity (Wildman–Crippen MR) is 202 cm³/mol. The number of thioether (sulfide) groups is 1. The molecule has 2 amide bonds. The van der Waals surface area contributed by atoms with Crippen LogP contribution in [0.4, 0.5) is 0 Å². The molecule has 0 aliphatic heterocycles. The average molecular weight is 1020 g/mol. The molecule has 0 saturated carbocycles. The maximum Gasteiger partial charge on any atom is 0.337 e. The largest absolute Gasteiger partial charge is 0.506 e. The number of nitrogens with two attached hydrogens (primary N) is 1. The van der Waals surface area contributed by atoms with Gasteiger partial charge < -0.3 is 36.8 Å². The molecule has 0 saturated heterocycles. The third kappa shape index (κ3) is 11.3. The molecule has 1 aliphatic rings. The standard InChI is InChI=1S/C30H26Br3N3O16S3/c31-24-23(30(45)46)22(21(11-1-4-15(37)17(7-11)54(47,48)49)12-2-5-16(38)18(8-12)55(50,51)52)25(32)27(26(24)33)53-10-14(28(42)35-9-20(40)41)36-19(39)6-3-13(34)29(43)44/h1-2,4-5,7-8,13-14,37H,3,6,9-10,34H2,(H,35,42)(H,36,39)(H,40,41)(H,43,44)(H,45,46)(H,47,48,49)(H,50,51,52)/b21-12+/t13-,14-/m0/s1. The fraction of sp³-hybridized carbons (Fsp3) is 0.200. The Kier molecular flexibility index (Phi) is 15.1. The Morgan fingerprint density at radius 3 is 2.07 bits per heavy atom. The summed E-state index contributed by atoms with van der Waals surface area (Å²) in [5.41, 5.74) is 3.54. The van der Waals surface area contributed by atoms with Crippen LogP contribution < -0.4 is 16.4 Å². The van der Waals surface area contributed by atoms with Gasteiger partial charge in [0.05, 0.1) is 5.56 Å². The van der Waals surface area contributed by atoms with Gasteiger partial charge in [-0.05, 0) is 95.2 Å². The number of phenolic OH excluding ortho intramolecular Hbond substituents is 1. The lowest BCUT2D eigenvalue weighted by molar-refractivity contribution is -0.139. The Morgan fingerprint density at radius 2 is 1.53 bits per heavy atom. The maximum absolute atomic E-state index is 13.0. The highest BCUT2D eigenvalue weighted by atomic mass is 79.9. The smallest absolute Gasteiger partial charge is 0.337 e. The van der Waals surface area contributed by atoms with Crippen LogP contribution >= 0.6 is 59.6 Å². The Bertz CT molecular complexity index is 2330. The van der Waals surface area contributed by atoms with Gasteiger partial charge in [0.2, 0.25) is 11.8 Å². The number of phenols is 1. The lowest BCUT2D eigenvalue weighted by Gasteiger charge is -2.23. The summed E-state index contributed by atoms with van der Waals surface area (Å²) in [6, 6.07) is -0.339. The van der Waals surface area contributed by atoms with Gasteiger partial charge in [0.25, 0.3) is 20.2 Å². The van der Waals surface area contributed by atoms with Crippen molar-refractivity contribution in [1.82, 2.24) is 10.6 Å². The molecule has 2 atom stereocenters. The van der Waals surface area contributed by atoms with Crippen molar-refractivity contribution in [3.63, 3.8) is 0 Å². The SMILES string of the molecule is N[C@@H](CCC(=O)N[C@@H](CSc1c(Br)c(Br)c(C(=O)O)c(/C(=C2\C=CC(=O)C(S(=O)(=O)O)=C2)c2ccc(O)c(S(=O)(=O)O)c2)c1Br)C(=O)NCC(=O)O)C(=O)O. The topological polar surface area (TPSA) is 342 Å². The molecule has 19 nitrogen and oxygen atoms in total. The van der Waals surface area contributed by atoms with Crippen LogP contribution in [0.2, 0.25) is 0 Å². The number of rotatable bonds is 16. The second-order valence-corrected chi connectivity index (χ2v) is 17.2. The van der Waals surface area contributed by atoms with Crippen molar-refractivity contribution >= 4 is 121 Å². The number of amides is 2. The molecule has 3 rings (SSSR count). The number of aliphatic carboxylic acids is 2. The lowest BCUT2D eigenvalue weighted by Crippen LogP contribution is -2.49. The minimum atomic E-state index is -5.21. The van der Waals surface area contributed by atoms with E-state index in [0.717, 1.165) is 30.0 Å². The quantitative estimate of drug-likeness (QED) is 0.0662. The molecule has 296 valence electrons. The molecule has 2 aromatic rings. The number of allylic oxidation sites excluding steroid dienone is 5. The van der Waals surface area contributed by atoms with E-state index in [4.69, 9.17) is 15.9 Å². The van der Waals surface area contributed by atoms with Crippen molar-refractivity contribution in [3.05, 3.63) is 77.0 Å². The molecule has 0 bridgehead atoms. The first-order valence-electron chi connectivity index (χ1n) is 14.7. The van der Waals surface area contributed by atoms with Crippen molar-refractivity contribution in [1.29, 1.82) is 0 Å². The molecule has 55 heavy (non-hydrogen) atoms. The summed E-state index contributed by atoms with van der Waals surface area (Å²) in [4.78, 5) is 71.2. The van der Waals surface area contributed by atoms with Gasteiger partial charge in [-0.2, -0.15) is 16.8 Å². The number of nitrogens with one attached hydrogen (secondary N) is 2. The second kappa shape index (κ2) is 18.3. The zero-order valence-electron chi connectivity index (χ0n) is 27.1. The molecule has 0 heterocycles. The number of aromatic carboxylic acids is 1. The van der Waals surface area contributed by atoms with Gasteiger partial charge in [-0.3, -0.25) is 33.1 Å². The summed E-state index contributed by atoms with van der Waals surface area (Å²) in [7, 11) is -10.4. The highest BCUT2D eigenvalue weighted by Gasteiger charge is 2.33. The zero-order chi connectivity index (χ0) is 41.7. The Balaban J connectivity index is 2.36. The highest BCUT2D eigenvalue weighted by Crippen LogP contribution is 2.49. The number of halogens is 3. The van der Waals surface area contributed by atoms with Crippen molar-refractivity contribution in [2.24, 2.45) is 5.73 Å². The van der Waals surface area contributed by atoms with E-state index >= 15 is 0 Å². The number of carbonyl (C=O) groups excluding carboxylic acids is 3. The number of carboxylic acids is 3. The van der Waals surface area contributed by atoms with Crippen LogP contribution in [-0.4, -0.2) is 106 Å². The van der Waals surface area contributed by atoms with Crippen LogP contribution in [0, 0.1) is 0 Å². The first-order chi connectivity index (χ1) is 25.4. The van der Waals surface area contributed by atoms with Gasteiger partial charge >= 0.3 is 17.9 Å². The molecular formula is C30H26Br3N3O16S3. The number of carboxylic acid groups (broad SMARTS) is 3. The minimum Gasteiger partial charge on any atom is -0.506 e. The molecule has 0 spiro atoms. The van der Waals surface area contributed by atoms with E-state index in [0.29, 0.717) is 18.2 Å². The molecule has 0 fully saturated rings. The molecule has 25 heteroatoms. The van der Waals surface area contributed by atoms with Gasteiger partial charge in [0, 0.05) is 36.1 Å². The Morgan fingerprint density at radius 1 is 0.891 bits per heavy atom. The van der Waals surface area contributed by atoms with E-state index in [-0.39, 0.29) is 47.0 Å². The fourth-order valence-corrected chi connectivity index (χ4v) is 9.58. The Labute approximate surface area is 340 Å². The summed E-state index contributed by atoms with van der Waals surface area (Å²) in [5.74, 6) is -8.85. The monoisotopic (exact) mass is 1020 g/mol. The molecule has 0 unspecified atom stereocenters. The number of ketones is 1. The number of benzene rings is 2. The predicted octanol–water partition coefficient (Wildman–Crippen LogP) is 2.31. The van der Waals surface area contributed by atoms with Gasteiger partial charge in [-0.25, -0.2) is 4.79 Å². The van der Waals surface area contributed by atoms with E-state index in [2.05, 4.69) is 58.4 Å². The molecule has 1 aliphatic carbocycles. The van der Waals surface area contributed by atoms with Crippen molar-refractivity contribution in [2.45, 2.75) is 34.7 Å². The van der Waals surface area contributed by atoms with E-state index in [1.807, 2.05) is 0 Å². The van der Waals surface area contributed by atoms with Crippen LogP contribution in [0.15, 0.2) is 70.1 Å². The van der Waals surface area contributed by atoms with Crippen molar-refractivity contribution in [2.75, 3.05) is 12.3 Å². The summed E-state index contributed by atoms with van der Waals surface area (Å²) in [6.07, 6.45) is 1.61. The van der Waals surface area contributed by atoms with Gasteiger partial charge in [0.1, 0.15) is 34.2 Å². The van der Waals surface area contributed by atoms with Crippen LogP contribution in [0.25, 0.3) is 5.57 Å². The van der Waals surface area contributed by atoms with Crippen molar-refractivity contribution in [3.8, 4) is 5.75 Å². The first-order valence-corrected chi connectivity index (χ1v) is 20.9. The average Bonchev–Trinajstić information content (AvgIpc) is 3.07. The zero-order valence-corrected chi connectivity index (χ0v) is 34.4. The summed E-state index contributed by atoms with van der Waals surface area (Å²) in [6.45, 7) is -0.861. The third-order valence-corrected chi connectivity index (χ3v) is 13.6. The number of aromatic hydroxyl groups is 1.